The highest BCUT2D eigenvalue weighted by Crippen LogP contribution is 2.35. The molecule has 0 aromatic heterocycles. The third-order valence-electron chi connectivity index (χ3n) is 3.05. The summed E-state index contributed by atoms with van der Waals surface area (Å²) in [5.74, 6) is 0.159. The minimum Gasteiger partial charge on any atom is -0.485 e. The molecule has 5 nitrogen and oxygen atoms in total. The van der Waals surface area contributed by atoms with E-state index in [0.29, 0.717) is 6.61 Å². The standard InChI is InChI=1S/C12H14Cl2N2O3/c13-9-5-11(16(17)18)12(6-10(9)14)19-7-8-3-1-2-4-15-8/h5-6,8,15H,1-4,7H2. The maximum Gasteiger partial charge on any atom is 0.312 e. The van der Waals surface area contributed by atoms with Crippen molar-refractivity contribution in [2.24, 2.45) is 0 Å². The number of hydrogen-bond acceptors (Lipinski definition) is 4. The summed E-state index contributed by atoms with van der Waals surface area (Å²) in [6.07, 6.45) is 3.31. The summed E-state index contributed by atoms with van der Waals surface area (Å²) >= 11 is 11.6. The molecule has 104 valence electrons. The number of piperidine rings is 1. The van der Waals surface area contributed by atoms with E-state index in [2.05, 4.69) is 5.32 Å². The lowest BCUT2D eigenvalue weighted by Gasteiger charge is -2.23. The van der Waals surface area contributed by atoms with E-state index in [1.54, 1.807) is 0 Å². The highest BCUT2D eigenvalue weighted by molar-refractivity contribution is 6.42. The van der Waals surface area contributed by atoms with E-state index in [-0.39, 0.29) is 27.5 Å². The van der Waals surface area contributed by atoms with Gasteiger partial charge in [-0.3, -0.25) is 10.1 Å². The lowest BCUT2D eigenvalue weighted by Crippen LogP contribution is -2.38. The van der Waals surface area contributed by atoms with Gasteiger partial charge in [-0.25, -0.2) is 0 Å². The molecule has 7 heteroatoms. The lowest BCUT2D eigenvalue weighted by molar-refractivity contribution is -0.385. The summed E-state index contributed by atoms with van der Waals surface area (Å²) in [5.41, 5.74) is -0.162. The third kappa shape index (κ3) is 3.72. The summed E-state index contributed by atoms with van der Waals surface area (Å²) in [4.78, 5) is 10.4. The van der Waals surface area contributed by atoms with Crippen molar-refractivity contribution >= 4 is 28.9 Å². The van der Waals surface area contributed by atoms with Gasteiger partial charge in [0.2, 0.25) is 0 Å². The highest BCUT2D eigenvalue weighted by Gasteiger charge is 2.20. The first-order valence-corrected chi connectivity index (χ1v) is 6.83. The molecule has 19 heavy (non-hydrogen) atoms. The third-order valence-corrected chi connectivity index (χ3v) is 3.77. The first-order valence-electron chi connectivity index (χ1n) is 6.07. The molecule has 1 saturated heterocycles. The van der Waals surface area contributed by atoms with Crippen LogP contribution in [0, 0.1) is 10.1 Å². The number of benzene rings is 1. The molecule has 1 aliphatic rings. The molecule has 1 heterocycles. The SMILES string of the molecule is O=[N+]([O-])c1cc(Cl)c(Cl)cc1OCC1CCCCN1. The molecule has 0 radical (unpaired) electrons. The van der Waals surface area contributed by atoms with Gasteiger partial charge in [-0.15, -0.1) is 0 Å². The molecule has 0 aliphatic carbocycles. The maximum absolute atomic E-state index is 10.9. The molecule has 0 amide bonds. The summed E-state index contributed by atoms with van der Waals surface area (Å²) in [5, 5.41) is 14.7. The number of hydrogen-bond donors (Lipinski definition) is 1. The van der Waals surface area contributed by atoms with E-state index in [1.807, 2.05) is 0 Å². The average Bonchev–Trinajstić information content (AvgIpc) is 2.40. The summed E-state index contributed by atoms with van der Waals surface area (Å²) in [7, 11) is 0. The van der Waals surface area contributed by atoms with Crippen LogP contribution in [0.25, 0.3) is 0 Å². The van der Waals surface area contributed by atoms with E-state index in [0.717, 1.165) is 25.8 Å². The zero-order chi connectivity index (χ0) is 13.8. The number of ether oxygens (including phenoxy) is 1. The van der Waals surface area contributed by atoms with E-state index >= 15 is 0 Å². The molecule has 1 atom stereocenters. The van der Waals surface area contributed by atoms with Gasteiger partial charge in [0.25, 0.3) is 0 Å². The number of nitrogens with one attached hydrogen (secondary N) is 1. The molecule has 1 aromatic carbocycles. The Morgan fingerprint density at radius 2 is 2.11 bits per heavy atom. The second-order valence-electron chi connectivity index (χ2n) is 4.45. The average molecular weight is 305 g/mol. The minimum atomic E-state index is -0.522. The highest BCUT2D eigenvalue weighted by atomic mass is 35.5. The van der Waals surface area contributed by atoms with Crippen molar-refractivity contribution in [2.45, 2.75) is 25.3 Å². The van der Waals surface area contributed by atoms with Gasteiger partial charge < -0.3 is 10.1 Å². The van der Waals surface area contributed by atoms with Crippen molar-refractivity contribution in [2.75, 3.05) is 13.2 Å². The quantitative estimate of drug-likeness (QED) is 0.684. The Morgan fingerprint density at radius 1 is 1.37 bits per heavy atom. The molecular formula is C12H14Cl2N2O3. The minimum absolute atomic E-state index is 0.150. The smallest absolute Gasteiger partial charge is 0.312 e. The van der Waals surface area contributed by atoms with E-state index in [4.69, 9.17) is 27.9 Å². The number of nitro benzene ring substituents is 1. The van der Waals surface area contributed by atoms with Crippen molar-refractivity contribution in [3.63, 3.8) is 0 Å². The first kappa shape index (κ1) is 14.4. The molecule has 1 fully saturated rings. The van der Waals surface area contributed by atoms with Crippen LogP contribution < -0.4 is 10.1 Å². The van der Waals surface area contributed by atoms with Gasteiger partial charge in [-0.05, 0) is 19.4 Å². The van der Waals surface area contributed by atoms with Crippen LogP contribution in [0.4, 0.5) is 5.69 Å². The van der Waals surface area contributed by atoms with Crippen LogP contribution in [0.5, 0.6) is 5.75 Å². The van der Waals surface area contributed by atoms with Crippen molar-refractivity contribution in [1.29, 1.82) is 0 Å². The molecule has 1 unspecified atom stereocenters. The largest absolute Gasteiger partial charge is 0.485 e. The predicted molar refractivity (Wildman–Crippen MR) is 74.3 cm³/mol. The molecular weight excluding hydrogens is 291 g/mol. The Hall–Kier alpha value is -1.04. The van der Waals surface area contributed by atoms with Crippen LogP contribution in [-0.4, -0.2) is 24.1 Å². The Kier molecular flexibility index (Phi) is 4.85. The molecule has 2 rings (SSSR count). The fourth-order valence-electron chi connectivity index (χ4n) is 2.03. The van der Waals surface area contributed by atoms with E-state index in [1.165, 1.54) is 12.1 Å². The van der Waals surface area contributed by atoms with Gasteiger partial charge >= 0.3 is 5.69 Å². The number of nitro groups is 1. The second kappa shape index (κ2) is 6.41. The van der Waals surface area contributed by atoms with E-state index < -0.39 is 4.92 Å². The number of nitrogens with zero attached hydrogens (tertiary/aromatic N) is 1. The predicted octanol–water partition coefficient (Wildman–Crippen LogP) is 3.42. The van der Waals surface area contributed by atoms with Crippen LogP contribution in [0.3, 0.4) is 0 Å². The first-order chi connectivity index (χ1) is 9.08. The van der Waals surface area contributed by atoms with Crippen LogP contribution in [-0.2, 0) is 0 Å². The number of rotatable bonds is 4. The van der Waals surface area contributed by atoms with Crippen molar-refractivity contribution in [3.8, 4) is 5.75 Å². The summed E-state index contributed by atoms with van der Waals surface area (Å²) in [6, 6.07) is 2.83. The van der Waals surface area contributed by atoms with Gasteiger partial charge in [-0.2, -0.15) is 0 Å². The van der Waals surface area contributed by atoms with Crippen LogP contribution in [0.1, 0.15) is 19.3 Å². The fourth-order valence-corrected chi connectivity index (χ4v) is 2.34. The zero-order valence-corrected chi connectivity index (χ0v) is 11.7. The maximum atomic E-state index is 10.9. The van der Waals surface area contributed by atoms with Crippen molar-refractivity contribution in [3.05, 3.63) is 32.3 Å². The molecule has 1 aromatic rings. The van der Waals surface area contributed by atoms with Crippen LogP contribution >= 0.6 is 23.2 Å². The number of halogens is 2. The van der Waals surface area contributed by atoms with Gasteiger partial charge in [0.15, 0.2) is 5.75 Å². The Balaban J connectivity index is 2.09. The van der Waals surface area contributed by atoms with Gasteiger partial charge in [0.05, 0.1) is 15.0 Å². The fraction of sp³-hybridized carbons (Fsp3) is 0.500. The van der Waals surface area contributed by atoms with Gasteiger partial charge in [-0.1, -0.05) is 29.6 Å². The molecule has 0 bridgehead atoms. The molecule has 0 spiro atoms. The van der Waals surface area contributed by atoms with Crippen LogP contribution in [0.15, 0.2) is 12.1 Å². The van der Waals surface area contributed by atoms with Gasteiger partial charge in [0, 0.05) is 18.2 Å². The second-order valence-corrected chi connectivity index (χ2v) is 5.26. The normalized spacial score (nSPS) is 19.2. The summed E-state index contributed by atoms with van der Waals surface area (Å²) < 4.78 is 5.53. The molecule has 0 saturated carbocycles. The van der Waals surface area contributed by atoms with E-state index in [9.17, 15) is 10.1 Å². The van der Waals surface area contributed by atoms with Crippen molar-refractivity contribution in [1.82, 2.24) is 5.32 Å². The molecule has 1 aliphatic heterocycles. The summed E-state index contributed by atoms with van der Waals surface area (Å²) in [6.45, 7) is 1.34. The Bertz CT molecular complexity index is 476. The lowest BCUT2D eigenvalue weighted by atomic mass is 10.1. The monoisotopic (exact) mass is 304 g/mol. The van der Waals surface area contributed by atoms with Crippen LogP contribution in [0.2, 0.25) is 10.0 Å². The Labute approximate surface area is 121 Å². The van der Waals surface area contributed by atoms with Crippen molar-refractivity contribution < 1.29 is 9.66 Å². The topological polar surface area (TPSA) is 64.4 Å². The Morgan fingerprint density at radius 3 is 2.74 bits per heavy atom. The molecule has 1 N–H and O–H groups in total. The zero-order valence-electron chi connectivity index (χ0n) is 10.2. The van der Waals surface area contributed by atoms with Gasteiger partial charge in [0.1, 0.15) is 6.61 Å².